The van der Waals surface area contributed by atoms with Crippen molar-refractivity contribution >= 4 is 5.70 Å². The molecule has 66 valence electrons. The topological polar surface area (TPSA) is 48.8 Å². The van der Waals surface area contributed by atoms with E-state index >= 15 is 0 Å². The second-order valence-corrected chi connectivity index (χ2v) is 2.69. The zero-order chi connectivity index (χ0) is 9.68. The number of hydrogen-bond acceptors (Lipinski definition) is 1. The third-order valence-corrected chi connectivity index (χ3v) is 1.86. The van der Waals surface area contributed by atoms with Gasteiger partial charge in [-0.25, -0.2) is 0 Å². The van der Waals surface area contributed by atoms with Crippen molar-refractivity contribution in [2.24, 2.45) is 5.11 Å². The number of hydrogen-bond donors (Lipinski definition) is 0. The molecule has 0 atom stereocenters. The molecule has 0 amide bonds. The van der Waals surface area contributed by atoms with Crippen molar-refractivity contribution in [2.45, 2.75) is 13.3 Å². The normalized spacial score (nSPS) is 9.00. The Labute approximate surface area is 77.3 Å². The number of benzene rings is 1. The molecule has 3 heteroatoms. The van der Waals surface area contributed by atoms with Crippen LogP contribution in [0.2, 0.25) is 0 Å². The van der Waals surface area contributed by atoms with E-state index in [0.717, 1.165) is 12.0 Å². The fraction of sp³-hybridized carbons (Fsp3) is 0.200. The standard InChI is InChI=1S/C10H11N3/c1-3-9-4-6-10(7-5-9)8(2)12-13-11/h4-7H,2-3H2,1H3. The molecule has 0 aliphatic heterocycles. The zero-order valence-electron chi connectivity index (χ0n) is 7.57. The molecule has 0 bridgehead atoms. The highest BCUT2D eigenvalue weighted by Crippen LogP contribution is 2.14. The number of aryl methyl sites for hydroxylation is 1. The van der Waals surface area contributed by atoms with Gasteiger partial charge in [-0.2, -0.15) is 0 Å². The third kappa shape index (κ3) is 2.36. The van der Waals surface area contributed by atoms with E-state index in [1.165, 1.54) is 5.56 Å². The lowest BCUT2D eigenvalue weighted by molar-refractivity contribution is 1.14. The molecule has 0 fully saturated rings. The summed E-state index contributed by atoms with van der Waals surface area (Å²) in [5, 5.41) is 3.44. The highest BCUT2D eigenvalue weighted by molar-refractivity contribution is 5.62. The highest BCUT2D eigenvalue weighted by Gasteiger charge is 1.95. The summed E-state index contributed by atoms with van der Waals surface area (Å²) in [6, 6.07) is 7.84. The Hall–Kier alpha value is -1.73. The average molecular weight is 173 g/mol. The lowest BCUT2D eigenvalue weighted by Gasteiger charge is -2.00. The molecule has 0 unspecified atom stereocenters. The van der Waals surface area contributed by atoms with E-state index in [9.17, 15) is 0 Å². The van der Waals surface area contributed by atoms with E-state index in [2.05, 4.69) is 23.5 Å². The molecule has 0 aromatic heterocycles. The monoisotopic (exact) mass is 173 g/mol. The minimum atomic E-state index is 0.463. The van der Waals surface area contributed by atoms with Gasteiger partial charge in [0.2, 0.25) is 0 Å². The summed E-state index contributed by atoms with van der Waals surface area (Å²) in [5.74, 6) is 0. The number of rotatable bonds is 3. The van der Waals surface area contributed by atoms with Crippen LogP contribution >= 0.6 is 0 Å². The predicted octanol–water partition coefficient (Wildman–Crippen LogP) is 3.53. The first kappa shape index (κ1) is 9.36. The number of azide groups is 1. The molecule has 0 heterocycles. The fourth-order valence-electron chi connectivity index (χ4n) is 1.04. The predicted molar refractivity (Wildman–Crippen MR) is 54.0 cm³/mol. The molecule has 0 saturated heterocycles. The first-order chi connectivity index (χ1) is 6.27. The van der Waals surface area contributed by atoms with E-state index in [0.29, 0.717) is 5.70 Å². The second kappa shape index (κ2) is 4.33. The lowest BCUT2D eigenvalue weighted by atomic mass is 10.1. The SMILES string of the molecule is C=C(N=[N+]=[N-])c1ccc(CC)cc1. The molecule has 0 aliphatic carbocycles. The molecule has 0 saturated carbocycles. The van der Waals surface area contributed by atoms with Gasteiger partial charge in [-0.1, -0.05) is 42.9 Å². The van der Waals surface area contributed by atoms with Crippen molar-refractivity contribution in [2.75, 3.05) is 0 Å². The van der Waals surface area contributed by atoms with Crippen LogP contribution < -0.4 is 0 Å². The van der Waals surface area contributed by atoms with Crippen molar-refractivity contribution in [3.8, 4) is 0 Å². The van der Waals surface area contributed by atoms with Crippen molar-refractivity contribution in [3.05, 3.63) is 52.4 Å². The molecule has 1 aromatic carbocycles. The van der Waals surface area contributed by atoms with Gasteiger partial charge in [0.05, 0.1) is 0 Å². The summed E-state index contributed by atoms with van der Waals surface area (Å²) in [5.41, 5.74) is 10.8. The van der Waals surface area contributed by atoms with E-state index in [1.807, 2.05) is 24.3 Å². The average Bonchev–Trinajstić information content (AvgIpc) is 2.18. The largest absolute Gasteiger partial charge is 0.0889 e. The van der Waals surface area contributed by atoms with Crippen LogP contribution in [0, 0.1) is 0 Å². The van der Waals surface area contributed by atoms with Gasteiger partial charge in [0.1, 0.15) is 0 Å². The van der Waals surface area contributed by atoms with Gasteiger partial charge in [0.25, 0.3) is 0 Å². The van der Waals surface area contributed by atoms with Gasteiger partial charge in [-0.15, -0.1) is 0 Å². The van der Waals surface area contributed by atoms with E-state index in [1.54, 1.807) is 0 Å². The minimum Gasteiger partial charge on any atom is -0.0889 e. The van der Waals surface area contributed by atoms with E-state index in [-0.39, 0.29) is 0 Å². The van der Waals surface area contributed by atoms with Gasteiger partial charge >= 0.3 is 0 Å². The maximum Gasteiger partial charge on any atom is 0.0375 e. The first-order valence-corrected chi connectivity index (χ1v) is 4.11. The summed E-state index contributed by atoms with van der Waals surface area (Å²) in [6.07, 6.45) is 1.01. The molecule has 0 N–H and O–H groups in total. The van der Waals surface area contributed by atoms with Crippen LogP contribution in [0.15, 0.2) is 36.0 Å². The summed E-state index contributed by atoms with van der Waals surface area (Å²) in [7, 11) is 0. The Morgan fingerprint density at radius 3 is 2.54 bits per heavy atom. The number of nitrogens with zero attached hydrogens (tertiary/aromatic N) is 3. The maximum absolute atomic E-state index is 8.20. The van der Waals surface area contributed by atoms with Crippen LogP contribution in [0.25, 0.3) is 16.1 Å². The van der Waals surface area contributed by atoms with Crippen molar-refractivity contribution < 1.29 is 0 Å². The maximum atomic E-state index is 8.20. The van der Waals surface area contributed by atoms with Gasteiger partial charge in [0, 0.05) is 10.6 Å². The highest BCUT2D eigenvalue weighted by atomic mass is 15.1. The Balaban J connectivity index is 2.92. The van der Waals surface area contributed by atoms with Crippen LogP contribution in [0.4, 0.5) is 0 Å². The Morgan fingerprint density at radius 1 is 1.46 bits per heavy atom. The molecule has 1 rings (SSSR count). The molecule has 0 spiro atoms. The molecular weight excluding hydrogens is 162 g/mol. The van der Waals surface area contributed by atoms with Crippen LogP contribution in [0.5, 0.6) is 0 Å². The Bertz CT molecular complexity index is 345. The van der Waals surface area contributed by atoms with Crippen LogP contribution in [-0.4, -0.2) is 0 Å². The molecule has 0 radical (unpaired) electrons. The molecule has 3 nitrogen and oxygen atoms in total. The Kier molecular flexibility index (Phi) is 3.12. The van der Waals surface area contributed by atoms with Crippen LogP contribution in [0.3, 0.4) is 0 Å². The van der Waals surface area contributed by atoms with Gasteiger partial charge in [-0.3, -0.25) is 0 Å². The van der Waals surface area contributed by atoms with Crippen molar-refractivity contribution in [1.82, 2.24) is 0 Å². The van der Waals surface area contributed by atoms with Gasteiger partial charge in [-0.05, 0) is 23.1 Å². The van der Waals surface area contributed by atoms with E-state index in [4.69, 9.17) is 5.53 Å². The molecule has 1 aromatic rings. The van der Waals surface area contributed by atoms with Crippen LogP contribution in [-0.2, 0) is 6.42 Å². The summed E-state index contributed by atoms with van der Waals surface area (Å²) >= 11 is 0. The lowest BCUT2D eigenvalue weighted by Crippen LogP contribution is -1.81. The van der Waals surface area contributed by atoms with Crippen molar-refractivity contribution in [1.29, 1.82) is 0 Å². The summed E-state index contributed by atoms with van der Waals surface area (Å²) < 4.78 is 0. The molecule has 0 aliphatic rings. The first-order valence-electron chi connectivity index (χ1n) is 4.11. The van der Waals surface area contributed by atoms with Gasteiger partial charge < -0.3 is 0 Å². The van der Waals surface area contributed by atoms with E-state index < -0.39 is 0 Å². The quantitative estimate of drug-likeness (QED) is 0.381. The fourth-order valence-corrected chi connectivity index (χ4v) is 1.04. The summed E-state index contributed by atoms with van der Waals surface area (Å²) in [6.45, 7) is 5.74. The Morgan fingerprint density at radius 2 is 2.08 bits per heavy atom. The molecule has 13 heavy (non-hydrogen) atoms. The zero-order valence-corrected chi connectivity index (χ0v) is 7.57. The van der Waals surface area contributed by atoms with Crippen molar-refractivity contribution in [3.63, 3.8) is 0 Å². The van der Waals surface area contributed by atoms with Gasteiger partial charge in [0.15, 0.2) is 0 Å². The third-order valence-electron chi connectivity index (χ3n) is 1.86. The smallest absolute Gasteiger partial charge is 0.0375 e. The molecular formula is C10H11N3. The minimum absolute atomic E-state index is 0.463. The summed E-state index contributed by atoms with van der Waals surface area (Å²) in [4.78, 5) is 2.68. The second-order valence-electron chi connectivity index (χ2n) is 2.69. The van der Waals surface area contributed by atoms with Crippen LogP contribution in [0.1, 0.15) is 18.1 Å².